The van der Waals surface area contributed by atoms with E-state index in [0.29, 0.717) is 24.3 Å². The van der Waals surface area contributed by atoms with Crippen molar-refractivity contribution in [1.29, 1.82) is 0 Å². The maximum absolute atomic E-state index is 6.57. The molecular weight excluding hydrogens is 614 g/mol. The molecule has 8 heteroatoms. The average molecular weight is 643 g/mol. The fraction of sp³-hybridized carbons (Fsp3) is 0.0526. The fourth-order valence-electron chi connectivity index (χ4n) is 5.50. The molecular formula is C38H28O6P2. The van der Waals surface area contributed by atoms with Gasteiger partial charge in [0.25, 0.3) is 0 Å². The highest BCUT2D eigenvalue weighted by Gasteiger charge is 2.29. The van der Waals surface area contributed by atoms with Crippen molar-refractivity contribution in [2.75, 3.05) is 0 Å². The lowest BCUT2D eigenvalue weighted by Crippen LogP contribution is -2.09. The van der Waals surface area contributed by atoms with E-state index in [1.165, 1.54) is 0 Å². The molecule has 2 aliphatic rings. The van der Waals surface area contributed by atoms with E-state index in [0.717, 1.165) is 56.4 Å². The first-order chi connectivity index (χ1) is 22.8. The Labute approximate surface area is 270 Å². The van der Waals surface area contributed by atoms with E-state index < -0.39 is 17.2 Å². The van der Waals surface area contributed by atoms with Crippen LogP contribution in [0, 0.1) is 0 Å². The van der Waals surface area contributed by atoms with E-state index in [-0.39, 0.29) is 0 Å². The zero-order valence-electron chi connectivity index (χ0n) is 24.6. The molecule has 0 aliphatic carbocycles. The average Bonchev–Trinajstić information content (AvgIpc) is 3.07. The lowest BCUT2D eigenvalue weighted by atomic mass is 10.0. The molecule has 6 aromatic rings. The van der Waals surface area contributed by atoms with Crippen LogP contribution in [-0.4, -0.2) is 0 Å². The molecule has 8 rings (SSSR count). The van der Waals surface area contributed by atoms with Crippen LogP contribution in [0.15, 0.2) is 146 Å². The Hall–Kier alpha value is -5.02. The van der Waals surface area contributed by atoms with Crippen LogP contribution in [0.1, 0.15) is 22.3 Å². The predicted molar refractivity (Wildman–Crippen MR) is 181 cm³/mol. The van der Waals surface area contributed by atoms with E-state index in [9.17, 15) is 0 Å². The second kappa shape index (κ2) is 12.8. The van der Waals surface area contributed by atoms with Gasteiger partial charge in [-0.25, -0.2) is 0 Å². The van der Waals surface area contributed by atoms with Crippen LogP contribution in [0.5, 0.6) is 34.5 Å². The van der Waals surface area contributed by atoms with E-state index in [1.54, 1.807) is 0 Å². The van der Waals surface area contributed by atoms with E-state index >= 15 is 0 Å². The second-order valence-corrected chi connectivity index (χ2v) is 12.8. The highest BCUT2D eigenvalue weighted by Crippen LogP contribution is 2.51. The van der Waals surface area contributed by atoms with Gasteiger partial charge in [-0.15, -0.1) is 0 Å². The molecule has 2 heterocycles. The normalized spacial score (nSPS) is 14.0. The Morgan fingerprint density at radius 1 is 0.348 bits per heavy atom. The molecule has 226 valence electrons. The third-order valence-corrected chi connectivity index (χ3v) is 9.83. The van der Waals surface area contributed by atoms with Gasteiger partial charge in [-0.2, -0.15) is 0 Å². The summed E-state index contributed by atoms with van der Waals surface area (Å²) in [6.07, 6.45) is 1.41. The summed E-state index contributed by atoms with van der Waals surface area (Å²) in [5.41, 5.74) is 5.94. The molecule has 0 N–H and O–H groups in total. The minimum atomic E-state index is -1.85. The highest BCUT2D eigenvalue weighted by atomic mass is 31.2. The minimum Gasteiger partial charge on any atom is -0.408 e. The number of hydrogen-bond donors (Lipinski definition) is 0. The van der Waals surface area contributed by atoms with Gasteiger partial charge in [0.2, 0.25) is 0 Å². The maximum atomic E-state index is 6.57. The van der Waals surface area contributed by atoms with Crippen LogP contribution in [0.4, 0.5) is 0 Å². The van der Waals surface area contributed by atoms with Gasteiger partial charge >= 0.3 is 17.2 Å². The first-order valence-corrected chi connectivity index (χ1v) is 17.1. The summed E-state index contributed by atoms with van der Waals surface area (Å²) in [7, 11) is -3.70. The van der Waals surface area contributed by atoms with Gasteiger partial charge in [0.05, 0.1) is 0 Å². The maximum Gasteiger partial charge on any atom is 0.530 e. The zero-order chi connectivity index (χ0) is 30.7. The van der Waals surface area contributed by atoms with Gasteiger partial charge in [-0.1, -0.05) is 109 Å². The molecule has 6 aromatic carbocycles. The molecule has 0 bridgehead atoms. The summed E-state index contributed by atoms with van der Waals surface area (Å²) in [4.78, 5) is 0. The fourth-order valence-corrected chi connectivity index (χ4v) is 7.72. The van der Waals surface area contributed by atoms with Crippen LogP contribution in [-0.2, 0) is 12.8 Å². The lowest BCUT2D eigenvalue weighted by molar-refractivity contribution is 0.379. The largest absolute Gasteiger partial charge is 0.530 e. The Bertz CT molecular complexity index is 1770. The Balaban J connectivity index is 1.12. The zero-order valence-corrected chi connectivity index (χ0v) is 26.4. The first kappa shape index (κ1) is 28.5. The number of rotatable bonds is 5. The van der Waals surface area contributed by atoms with E-state index in [4.69, 9.17) is 27.1 Å². The van der Waals surface area contributed by atoms with Crippen molar-refractivity contribution in [3.05, 3.63) is 168 Å². The first-order valence-electron chi connectivity index (χ1n) is 14.9. The summed E-state index contributed by atoms with van der Waals surface area (Å²) in [6, 6.07) is 47.6. The van der Waals surface area contributed by atoms with Crippen molar-refractivity contribution in [2.24, 2.45) is 0 Å². The number of fused-ring (bicyclic) bond motifs is 4. The van der Waals surface area contributed by atoms with Gasteiger partial charge < -0.3 is 27.1 Å². The van der Waals surface area contributed by atoms with Crippen LogP contribution in [0.2, 0.25) is 0 Å². The van der Waals surface area contributed by atoms with Crippen LogP contribution >= 0.6 is 17.2 Å². The molecule has 0 spiro atoms. The van der Waals surface area contributed by atoms with Crippen LogP contribution in [0.3, 0.4) is 0 Å². The summed E-state index contributed by atoms with van der Waals surface area (Å²) in [6.45, 7) is 0. The Morgan fingerprint density at radius 3 is 0.978 bits per heavy atom. The number of benzene rings is 6. The summed E-state index contributed by atoms with van der Waals surface area (Å²) < 4.78 is 38.7. The molecule has 0 unspecified atom stereocenters. The molecule has 0 fully saturated rings. The third-order valence-electron chi connectivity index (χ3n) is 7.75. The van der Waals surface area contributed by atoms with Gasteiger partial charge in [0.1, 0.15) is 34.5 Å². The quantitative estimate of drug-likeness (QED) is 0.175. The summed E-state index contributed by atoms with van der Waals surface area (Å²) >= 11 is 0. The van der Waals surface area contributed by atoms with Gasteiger partial charge in [-0.05, 0) is 58.7 Å². The monoisotopic (exact) mass is 642 g/mol. The van der Waals surface area contributed by atoms with Crippen molar-refractivity contribution in [3.63, 3.8) is 0 Å². The standard InChI is InChI=1S/C38H28O6P2/c1-7-19-33-27(13-1)25-28-14-2-8-20-34(28)40-45(39-33)43-37-23-11-5-17-31(37)32-18-6-12-24-38(32)44-46-41-35-21-9-3-15-29(35)26-30-16-4-10-22-36(30)42-46/h1-24H,25-26H2. The van der Waals surface area contributed by atoms with Crippen LogP contribution < -0.4 is 27.1 Å². The molecule has 0 aromatic heterocycles. The topological polar surface area (TPSA) is 55.4 Å². The van der Waals surface area contributed by atoms with E-state index in [2.05, 4.69) is 24.3 Å². The molecule has 0 radical (unpaired) electrons. The Kier molecular flexibility index (Phi) is 7.90. The minimum absolute atomic E-state index is 0.600. The van der Waals surface area contributed by atoms with Gasteiger partial charge in [0.15, 0.2) is 0 Å². The summed E-state index contributed by atoms with van der Waals surface area (Å²) in [5.74, 6) is 4.17. The number of para-hydroxylation sites is 6. The molecule has 6 nitrogen and oxygen atoms in total. The van der Waals surface area contributed by atoms with E-state index in [1.807, 2.05) is 121 Å². The molecule has 46 heavy (non-hydrogen) atoms. The Morgan fingerprint density at radius 2 is 0.630 bits per heavy atom. The third kappa shape index (κ3) is 5.98. The number of hydrogen-bond acceptors (Lipinski definition) is 6. The predicted octanol–water partition coefficient (Wildman–Crippen LogP) is 10.7. The molecule has 0 saturated heterocycles. The van der Waals surface area contributed by atoms with Crippen molar-refractivity contribution < 1.29 is 27.1 Å². The van der Waals surface area contributed by atoms with Crippen molar-refractivity contribution in [2.45, 2.75) is 12.8 Å². The molecule has 2 aliphatic heterocycles. The van der Waals surface area contributed by atoms with Crippen molar-refractivity contribution in [3.8, 4) is 45.6 Å². The smallest absolute Gasteiger partial charge is 0.408 e. The van der Waals surface area contributed by atoms with Crippen LogP contribution in [0.25, 0.3) is 11.1 Å². The molecule has 0 atom stereocenters. The van der Waals surface area contributed by atoms with Crippen molar-refractivity contribution >= 4 is 17.2 Å². The molecule has 0 amide bonds. The van der Waals surface area contributed by atoms with Gasteiger partial charge in [0, 0.05) is 24.0 Å². The summed E-state index contributed by atoms with van der Waals surface area (Å²) in [5, 5.41) is 0. The lowest BCUT2D eigenvalue weighted by Gasteiger charge is -2.25. The van der Waals surface area contributed by atoms with Gasteiger partial charge in [-0.3, -0.25) is 0 Å². The second-order valence-electron chi connectivity index (χ2n) is 10.8. The highest BCUT2D eigenvalue weighted by molar-refractivity contribution is 7.43. The van der Waals surface area contributed by atoms with Crippen molar-refractivity contribution in [1.82, 2.24) is 0 Å². The SMILES string of the molecule is c1ccc2c(c1)Cc1ccccc1OP(Oc1ccccc1-c1ccccc1OP1Oc3ccccc3Cc3ccccc3O1)O2. The molecule has 0 saturated carbocycles.